The molecular weight excluding hydrogens is 547 g/mol. The summed E-state index contributed by atoms with van der Waals surface area (Å²) in [5.74, 6) is -1.03. The Morgan fingerprint density at radius 2 is 1.67 bits per heavy atom. The molecule has 9 heteroatoms. The minimum Gasteiger partial charge on any atom is -0.459 e. The van der Waals surface area contributed by atoms with E-state index in [9.17, 15) is 18.8 Å². The van der Waals surface area contributed by atoms with E-state index >= 15 is 0 Å². The van der Waals surface area contributed by atoms with E-state index in [0.717, 1.165) is 17.5 Å². The molecule has 1 aromatic heterocycles. The van der Waals surface area contributed by atoms with E-state index in [1.165, 1.54) is 18.4 Å². The van der Waals surface area contributed by atoms with Gasteiger partial charge >= 0.3 is 0 Å². The van der Waals surface area contributed by atoms with Gasteiger partial charge in [0.25, 0.3) is 11.8 Å². The third-order valence-electron chi connectivity index (χ3n) is 7.67. The Hall–Kier alpha value is -4.92. The lowest BCUT2D eigenvalue weighted by atomic mass is 9.95. The van der Waals surface area contributed by atoms with Crippen molar-refractivity contribution in [2.45, 2.75) is 32.2 Å². The van der Waals surface area contributed by atoms with Crippen LogP contribution in [0, 0.1) is 5.82 Å². The van der Waals surface area contributed by atoms with Crippen LogP contribution in [0.3, 0.4) is 0 Å². The van der Waals surface area contributed by atoms with Crippen LogP contribution in [-0.2, 0) is 11.3 Å². The molecule has 1 saturated heterocycles. The molecule has 0 bridgehead atoms. The summed E-state index contributed by atoms with van der Waals surface area (Å²) in [7, 11) is 0. The van der Waals surface area contributed by atoms with Crippen LogP contribution in [0.2, 0.25) is 0 Å². The average molecular weight is 583 g/mol. The minimum atomic E-state index is -0.428. The minimum absolute atomic E-state index is 0.115. The van der Waals surface area contributed by atoms with Gasteiger partial charge in [-0.2, -0.15) is 0 Å². The van der Waals surface area contributed by atoms with Gasteiger partial charge in [0, 0.05) is 44.1 Å². The maximum Gasteiger partial charge on any atom is 0.291 e. The van der Waals surface area contributed by atoms with E-state index in [-0.39, 0.29) is 35.9 Å². The van der Waals surface area contributed by atoms with Crippen LogP contribution < -0.4 is 15.5 Å². The van der Waals surface area contributed by atoms with E-state index in [0.29, 0.717) is 49.5 Å². The first kappa shape index (κ1) is 29.6. The first-order valence-corrected chi connectivity index (χ1v) is 14.5. The van der Waals surface area contributed by atoms with Gasteiger partial charge in [-0.05, 0) is 66.4 Å². The molecule has 1 aliphatic heterocycles. The molecular formula is C34H35FN4O4. The van der Waals surface area contributed by atoms with Crippen molar-refractivity contribution in [1.29, 1.82) is 0 Å². The van der Waals surface area contributed by atoms with Crippen molar-refractivity contribution in [3.63, 3.8) is 0 Å². The largest absolute Gasteiger partial charge is 0.459 e. The van der Waals surface area contributed by atoms with Crippen molar-refractivity contribution in [2.24, 2.45) is 0 Å². The Kier molecular flexibility index (Phi) is 9.51. The van der Waals surface area contributed by atoms with E-state index in [4.69, 9.17) is 4.42 Å². The molecule has 5 rings (SSSR count). The molecule has 43 heavy (non-hydrogen) atoms. The van der Waals surface area contributed by atoms with Gasteiger partial charge in [-0.25, -0.2) is 4.39 Å². The molecule has 0 radical (unpaired) electrons. The van der Waals surface area contributed by atoms with Gasteiger partial charge in [0.1, 0.15) is 5.82 Å². The summed E-state index contributed by atoms with van der Waals surface area (Å²) in [6.07, 6.45) is 2.87. The van der Waals surface area contributed by atoms with Crippen molar-refractivity contribution >= 4 is 29.1 Å². The molecule has 8 nitrogen and oxygen atoms in total. The summed E-state index contributed by atoms with van der Waals surface area (Å²) >= 11 is 0. The fourth-order valence-corrected chi connectivity index (χ4v) is 5.39. The van der Waals surface area contributed by atoms with Gasteiger partial charge in [-0.15, -0.1) is 0 Å². The number of carbonyl (C=O) groups excluding carboxylic acids is 3. The Labute approximate surface area is 250 Å². The molecule has 2 heterocycles. The first-order valence-electron chi connectivity index (χ1n) is 14.5. The fourth-order valence-electron chi connectivity index (χ4n) is 5.39. The fraction of sp³-hybridized carbons (Fsp3) is 0.265. The van der Waals surface area contributed by atoms with Gasteiger partial charge < -0.3 is 24.9 Å². The van der Waals surface area contributed by atoms with Crippen LogP contribution in [0.1, 0.15) is 57.7 Å². The van der Waals surface area contributed by atoms with Crippen molar-refractivity contribution in [1.82, 2.24) is 10.2 Å². The Bertz CT molecular complexity index is 1540. The predicted molar refractivity (Wildman–Crippen MR) is 164 cm³/mol. The lowest BCUT2D eigenvalue weighted by Gasteiger charge is -2.28. The van der Waals surface area contributed by atoms with Crippen LogP contribution in [0.15, 0.2) is 95.6 Å². The quantitative estimate of drug-likeness (QED) is 0.259. The lowest BCUT2D eigenvalue weighted by molar-refractivity contribution is -0.132. The number of furan rings is 1. The normalized spacial score (nSPS) is 14.1. The van der Waals surface area contributed by atoms with E-state index in [2.05, 4.69) is 15.5 Å². The maximum absolute atomic E-state index is 13.6. The zero-order chi connectivity index (χ0) is 30.2. The molecule has 4 aromatic rings. The van der Waals surface area contributed by atoms with Crippen LogP contribution in [-0.4, -0.2) is 48.8 Å². The zero-order valence-electron chi connectivity index (χ0n) is 24.1. The molecule has 1 atom stereocenters. The van der Waals surface area contributed by atoms with E-state index in [1.807, 2.05) is 48.2 Å². The standard InChI is InChI=1S/C34H35FN4O4/c1-2-28(25-8-4-3-5-9-25)34(42)39-18-7-17-38(19-20-39)30-16-15-27(37-33(41)31-10-6-21-43-31)22-29(30)32(40)36-23-24-11-13-26(35)14-12-24/h3-6,8-16,21-22,28H,2,7,17-20,23H2,1H3,(H,36,40)(H,37,41)/t28-/m1/s1. The molecule has 0 saturated carbocycles. The Morgan fingerprint density at radius 1 is 0.884 bits per heavy atom. The number of anilines is 2. The monoisotopic (exact) mass is 582 g/mol. The highest BCUT2D eigenvalue weighted by Crippen LogP contribution is 2.28. The molecule has 1 aliphatic rings. The Morgan fingerprint density at radius 3 is 2.40 bits per heavy atom. The number of hydrogen-bond acceptors (Lipinski definition) is 5. The second-order valence-corrected chi connectivity index (χ2v) is 10.5. The number of amides is 3. The molecule has 3 aromatic carbocycles. The number of hydrogen-bond donors (Lipinski definition) is 2. The molecule has 0 aliphatic carbocycles. The SMILES string of the molecule is CC[C@@H](C(=O)N1CCCN(c2ccc(NC(=O)c3ccco3)cc2C(=O)NCc2ccc(F)cc2)CC1)c1ccccc1. The molecule has 3 amide bonds. The highest BCUT2D eigenvalue weighted by Gasteiger charge is 2.27. The molecule has 0 spiro atoms. The summed E-state index contributed by atoms with van der Waals surface area (Å²) < 4.78 is 18.6. The Balaban J connectivity index is 1.35. The van der Waals surface area contributed by atoms with E-state index in [1.54, 1.807) is 36.4 Å². The topological polar surface area (TPSA) is 94.9 Å². The van der Waals surface area contributed by atoms with Crippen molar-refractivity contribution in [3.05, 3.63) is 119 Å². The third-order valence-corrected chi connectivity index (χ3v) is 7.67. The second-order valence-electron chi connectivity index (χ2n) is 10.5. The molecule has 222 valence electrons. The van der Waals surface area contributed by atoms with Gasteiger partial charge in [0.15, 0.2) is 5.76 Å². The smallest absolute Gasteiger partial charge is 0.291 e. The van der Waals surface area contributed by atoms with Gasteiger partial charge in [0.2, 0.25) is 5.91 Å². The van der Waals surface area contributed by atoms with Gasteiger partial charge in [0.05, 0.1) is 17.7 Å². The first-order chi connectivity index (χ1) is 20.9. The molecule has 2 N–H and O–H groups in total. The number of nitrogens with zero attached hydrogens (tertiary/aromatic N) is 2. The number of rotatable bonds is 9. The summed E-state index contributed by atoms with van der Waals surface area (Å²) in [5.41, 5.74) is 3.30. The highest BCUT2D eigenvalue weighted by molar-refractivity contribution is 6.05. The van der Waals surface area contributed by atoms with Gasteiger partial charge in [-0.1, -0.05) is 49.4 Å². The van der Waals surface area contributed by atoms with Crippen molar-refractivity contribution in [2.75, 3.05) is 36.4 Å². The number of benzene rings is 3. The zero-order valence-corrected chi connectivity index (χ0v) is 24.1. The van der Waals surface area contributed by atoms with Crippen LogP contribution >= 0.6 is 0 Å². The average Bonchev–Trinajstić information content (AvgIpc) is 3.47. The van der Waals surface area contributed by atoms with Crippen molar-refractivity contribution < 1.29 is 23.2 Å². The summed E-state index contributed by atoms with van der Waals surface area (Å²) in [4.78, 5) is 43.8. The van der Waals surface area contributed by atoms with Crippen LogP contribution in [0.25, 0.3) is 0 Å². The predicted octanol–water partition coefficient (Wildman–Crippen LogP) is 5.83. The summed E-state index contributed by atoms with van der Waals surface area (Å²) in [6, 6.07) is 24.2. The lowest BCUT2D eigenvalue weighted by Crippen LogP contribution is -2.38. The molecule has 1 fully saturated rings. The van der Waals surface area contributed by atoms with E-state index < -0.39 is 5.91 Å². The number of halogens is 1. The highest BCUT2D eigenvalue weighted by atomic mass is 19.1. The third kappa shape index (κ3) is 7.30. The van der Waals surface area contributed by atoms with Crippen molar-refractivity contribution in [3.8, 4) is 0 Å². The summed E-state index contributed by atoms with van der Waals surface area (Å²) in [5, 5.41) is 5.71. The van der Waals surface area contributed by atoms with Crippen LogP contribution in [0.4, 0.5) is 15.8 Å². The van der Waals surface area contributed by atoms with Gasteiger partial charge in [-0.3, -0.25) is 14.4 Å². The number of carbonyl (C=O) groups is 3. The summed E-state index contributed by atoms with van der Waals surface area (Å²) in [6.45, 7) is 4.60. The van der Waals surface area contributed by atoms with Crippen LogP contribution in [0.5, 0.6) is 0 Å². The molecule has 0 unspecified atom stereocenters. The number of nitrogens with one attached hydrogen (secondary N) is 2. The maximum atomic E-state index is 13.6. The second kappa shape index (κ2) is 13.8.